The number of ether oxygens (including phenoxy) is 2. The van der Waals surface area contributed by atoms with Crippen LogP contribution in [-0.2, 0) is 41.5 Å². The van der Waals surface area contributed by atoms with E-state index in [1.807, 2.05) is 0 Å². The zero-order valence-corrected chi connectivity index (χ0v) is 18.6. The number of amides is 2. The molecular formula is C22H22Cl2N2O6. The third kappa shape index (κ3) is 10.3. The number of hydrogen-bond acceptors (Lipinski definition) is 6. The van der Waals surface area contributed by atoms with E-state index in [-0.39, 0.29) is 25.9 Å². The molecule has 8 nitrogen and oxygen atoms in total. The van der Waals surface area contributed by atoms with Crippen molar-refractivity contribution in [3.8, 4) is 0 Å². The van der Waals surface area contributed by atoms with Crippen molar-refractivity contribution < 1.29 is 28.7 Å². The first-order valence-electron chi connectivity index (χ1n) is 9.65. The molecule has 0 aliphatic carbocycles. The van der Waals surface area contributed by atoms with E-state index in [0.29, 0.717) is 10.0 Å². The summed E-state index contributed by atoms with van der Waals surface area (Å²) in [5.41, 5.74) is 1.44. The zero-order valence-electron chi connectivity index (χ0n) is 17.1. The first kappa shape index (κ1) is 25.2. The number of nitrogens with one attached hydrogen (secondary N) is 2. The Kier molecular flexibility index (Phi) is 10.5. The van der Waals surface area contributed by atoms with Gasteiger partial charge in [-0.15, -0.1) is 0 Å². The van der Waals surface area contributed by atoms with Crippen molar-refractivity contribution >= 4 is 47.0 Å². The molecule has 0 aliphatic rings. The van der Waals surface area contributed by atoms with Gasteiger partial charge in [-0.25, -0.2) is 0 Å². The fraction of sp³-hybridized carbons (Fsp3) is 0.273. The highest BCUT2D eigenvalue weighted by Crippen LogP contribution is 2.11. The van der Waals surface area contributed by atoms with Gasteiger partial charge in [0.15, 0.2) is 13.2 Å². The Hall–Kier alpha value is -3.10. The molecular weight excluding hydrogens is 459 g/mol. The summed E-state index contributed by atoms with van der Waals surface area (Å²) in [6, 6.07) is 13.4. The molecule has 170 valence electrons. The van der Waals surface area contributed by atoms with E-state index in [9.17, 15) is 19.2 Å². The molecule has 2 rings (SSSR count). The second kappa shape index (κ2) is 13.3. The summed E-state index contributed by atoms with van der Waals surface area (Å²) in [5.74, 6) is -2.09. The molecule has 2 N–H and O–H groups in total. The van der Waals surface area contributed by atoms with Crippen molar-refractivity contribution in [2.24, 2.45) is 0 Å². The zero-order chi connectivity index (χ0) is 23.3. The van der Waals surface area contributed by atoms with E-state index < -0.39 is 37.0 Å². The maximum atomic E-state index is 11.7. The van der Waals surface area contributed by atoms with Gasteiger partial charge in [-0.05, 0) is 35.4 Å². The fourth-order valence-corrected chi connectivity index (χ4v) is 2.69. The van der Waals surface area contributed by atoms with Crippen LogP contribution in [0.5, 0.6) is 0 Å². The average molecular weight is 481 g/mol. The van der Waals surface area contributed by atoms with Crippen LogP contribution >= 0.6 is 23.2 Å². The minimum absolute atomic E-state index is 0.0250. The van der Waals surface area contributed by atoms with Crippen LogP contribution in [0, 0.1) is 0 Å². The third-order valence-corrected chi connectivity index (χ3v) is 4.53. The summed E-state index contributed by atoms with van der Waals surface area (Å²) < 4.78 is 9.80. The van der Waals surface area contributed by atoms with Crippen LogP contribution in [0.4, 0.5) is 0 Å². The summed E-state index contributed by atoms with van der Waals surface area (Å²) in [6.07, 6.45) is 0.0501. The lowest BCUT2D eigenvalue weighted by molar-refractivity contribution is -0.148. The molecule has 0 saturated heterocycles. The third-order valence-electron chi connectivity index (χ3n) is 4.02. The molecule has 0 heterocycles. The number of benzene rings is 2. The summed E-state index contributed by atoms with van der Waals surface area (Å²) in [5, 5.41) is 6.12. The highest BCUT2D eigenvalue weighted by Gasteiger charge is 2.10. The SMILES string of the molecule is O=C(COC(=O)Cc1ccc(Cl)cc1)NCCNC(=O)COC(=O)Cc1ccc(Cl)cc1. The number of carbonyl (C=O) groups excluding carboxylic acids is 4. The van der Waals surface area contributed by atoms with Gasteiger partial charge in [0.05, 0.1) is 12.8 Å². The van der Waals surface area contributed by atoms with E-state index >= 15 is 0 Å². The molecule has 0 aromatic heterocycles. The predicted molar refractivity (Wildman–Crippen MR) is 118 cm³/mol. The van der Waals surface area contributed by atoms with E-state index in [0.717, 1.165) is 11.1 Å². The van der Waals surface area contributed by atoms with Crippen molar-refractivity contribution in [1.82, 2.24) is 10.6 Å². The molecule has 0 spiro atoms. The topological polar surface area (TPSA) is 111 Å². The normalized spacial score (nSPS) is 10.2. The second-order valence-corrected chi connectivity index (χ2v) is 7.50. The lowest BCUT2D eigenvalue weighted by Crippen LogP contribution is -2.38. The van der Waals surface area contributed by atoms with Crippen molar-refractivity contribution in [2.75, 3.05) is 26.3 Å². The van der Waals surface area contributed by atoms with Gasteiger partial charge in [-0.2, -0.15) is 0 Å². The maximum Gasteiger partial charge on any atom is 0.310 e. The maximum absolute atomic E-state index is 11.7. The molecule has 0 radical (unpaired) electrons. The number of esters is 2. The van der Waals surface area contributed by atoms with E-state index in [2.05, 4.69) is 10.6 Å². The summed E-state index contributed by atoms with van der Waals surface area (Å²) in [6.45, 7) is -0.610. The number of rotatable bonds is 11. The highest BCUT2D eigenvalue weighted by atomic mass is 35.5. The van der Waals surface area contributed by atoms with Crippen molar-refractivity contribution in [1.29, 1.82) is 0 Å². The average Bonchev–Trinajstić information content (AvgIpc) is 2.77. The minimum Gasteiger partial charge on any atom is -0.455 e. The van der Waals surface area contributed by atoms with Crippen LogP contribution in [0.3, 0.4) is 0 Å². The van der Waals surface area contributed by atoms with Crippen LogP contribution in [0.25, 0.3) is 0 Å². The first-order chi connectivity index (χ1) is 15.3. The molecule has 10 heteroatoms. The molecule has 0 saturated carbocycles. The van der Waals surface area contributed by atoms with Crippen LogP contribution in [0.15, 0.2) is 48.5 Å². The van der Waals surface area contributed by atoms with Gasteiger partial charge in [0.2, 0.25) is 0 Å². The quantitative estimate of drug-likeness (QED) is 0.376. The van der Waals surface area contributed by atoms with Crippen molar-refractivity contribution in [2.45, 2.75) is 12.8 Å². The standard InChI is InChI=1S/C22H22Cl2N2O6/c23-17-5-1-15(2-6-17)11-21(29)31-13-19(27)25-9-10-26-20(28)14-32-22(30)12-16-3-7-18(24)8-4-16/h1-8H,9-14H2,(H,25,27)(H,26,28). The van der Waals surface area contributed by atoms with Crippen molar-refractivity contribution in [3.05, 3.63) is 69.7 Å². The van der Waals surface area contributed by atoms with Gasteiger partial charge >= 0.3 is 11.9 Å². The smallest absolute Gasteiger partial charge is 0.310 e. The Morgan fingerprint density at radius 2 is 0.969 bits per heavy atom. The lowest BCUT2D eigenvalue weighted by atomic mass is 10.1. The first-order valence-corrected chi connectivity index (χ1v) is 10.4. The number of carbonyl (C=O) groups is 4. The molecule has 0 aliphatic heterocycles. The Morgan fingerprint density at radius 3 is 1.31 bits per heavy atom. The molecule has 0 bridgehead atoms. The van der Waals surface area contributed by atoms with Gasteiger partial charge in [-0.3, -0.25) is 19.2 Å². The van der Waals surface area contributed by atoms with Gasteiger partial charge in [-0.1, -0.05) is 47.5 Å². The van der Waals surface area contributed by atoms with Crippen molar-refractivity contribution in [3.63, 3.8) is 0 Å². The Labute approximate surface area is 195 Å². The predicted octanol–water partition coefficient (Wildman–Crippen LogP) is 2.10. The number of hydrogen-bond donors (Lipinski definition) is 2. The van der Waals surface area contributed by atoms with E-state index in [1.54, 1.807) is 48.5 Å². The monoisotopic (exact) mass is 480 g/mol. The molecule has 2 amide bonds. The van der Waals surface area contributed by atoms with Crippen LogP contribution < -0.4 is 10.6 Å². The second-order valence-electron chi connectivity index (χ2n) is 6.63. The van der Waals surface area contributed by atoms with E-state index in [4.69, 9.17) is 32.7 Å². The molecule has 0 atom stereocenters. The van der Waals surface area contributed by atoms with Crippen LogP contribution in [0.1, 0.15) is 11.1 Å². The summed E-state index contributed by atoms with van der Waals surface area (Å²) >= 11 is 11.6. The van der Waals surface area contributed by atoms with Gasteiger partial charge in [0.25, 0.3) is 11.8 Å². The molecule has 0 fully saturated rings. The molecule has 2 aromatic carbocycles. The van der Waals surface area contributed by atoms with Gasteiger partial charge < -0.3 is 20.1 Å². The van der Waals surface area contributed by atoms with Gasteiger partial charge in [0.1, 0.15) is 0 Å². The van der Waals surface area contributed by atoms with E-state index in [1.165, 1.54) is 0 Å². The highest BCUT2D eigenvalue weighted by molar-refractivity contribution is 6.30. The molecule has 2 aromatic rings. The van der Waals surface area contributed by atoms with Crippen LogP contribution in [0.2, 0.25) is 10.0 Å². The molecule has 32 heavy (non-hydrogen) atoms. The summed E-state index contributed by atoms with van der Waals surface area (Å²) in [7, 11) is 0. The Bertz CT molecular complexity index is 855. The fourth-order valence-electron chi connectivity index (χ4n) is 2.44. The molecule has 0 unspecified atom stereocenters. The van der Waals surface area contributed by atoms with Crippen LogP contribution in [-0.4, -0.2) is 50.1 Å². The van der Waals surface area contributed by atoms with Gasteiger partial charge in [0, 0.05) is 23.1 Å². The Morgan fingerprint density at radius 1 is 0.625 bits per heavy atom. The summed E-state index contributed by atoms with van der Waals surface area (Å²) in [4.78, 5) is 46.9. The lowest BCUT2D eigenvalue weighted by Gasteiger charge is -2.09. The largest absolute Gasteiger partial charge is 0.455 e. The Balaban J connectivity index is 1.52. The number of halogens is 2. The minimum atomic E-state index is -0.545.